The summed E-state index contributed by atoms with van der Waals surface area (Å²) in [6.45, 7) is 1.97. The van der Waals surface area contributed by atoms with E-state index >= 15 is 0 Å². The van der Waals surface area contributed by atoms with Gasteiger partial charge in [0.05, 0.1) is 11.0 Å². The van der Waals surface area contributed by atoms with Crippen LogP contribution in [0.5, 0.6) is 0 Å². The number of halogens is 1. The van der Waals surface area contributed by atoms with Crippen molar-refractivity contribution in [2.75, 3.05) is 0 Å². The quantitative estimate of drug-likeness (QED) is 0.537. The van der Waals surface area contributed by atoms with Crippen LogP contribution in [0.4, 0.5) is 0 Å². The SMILES string of the molecule is Cc1ccnc2ncn(Cc3nc([C@H]4C[C@](O)(c5cccc(Cl)c5)C4)no3)c(=O)c12. The first kappa shape index (κ1) is 18.9. The third-order valence-corrected chi connectivity index (χ3v) is 5.85. The lowest BCUT2D eigenvalue weighted by Gasteiger charge is -2.42. The molecule has 1 saturated carbocycles. The van der Waals surface area contributed by atoms with Crippen LogP contribution in [0.3, 0.4) is 0 Å². The lowest BCUT2D eigenvalue weighted by Crippen LogP contribution is -2.40. The van der Waals surface area contributed by atoms with Crippen LogP contribution in [-0.4, -0.2) is 29.8 Å². The summed E-state index contributed by atoms with van der Waals surface area (Å²) >= 11 is 6.04. The molecule has 0 saturated heterocycles. The molecule has 30 heavy (non-hydrogen) atoms. The minimum absolute atomic E-state index is 0.0237. The molecule has 1 aliphatic rings. The maximum Gasteiger partial charge on any atom is 0.263 e. The minimum Gasteiger partial charge on any atom is -0.385 e. The van der Waals surface area contributed by atoms with E-state index in [4.69, 9.17) is 16.1 Å². The van der Waals surface area contributed by atoms with Gasteiger partial charge in [-0.3, -0.25) is 9.36 Å². The van der Waals surface area contributed by atoms with Gasteiger partial charge >= 0.3 is 0 Å². The molecule has 3 aromatic heterocycles. The van der Waals surface area contributed by atoms with Crippen molar-refractivity contribution in [2.24, 2.45) is 0 Å². The van der Waals surface area contributed by atoms with Crippen LogP contribution in [0, 0.1) is 6.92 Å². The van der Waals surface area contributed by atoms with Crippen molar-refractivity contribution in [3.8, 4) is 0 Å². The van der Waals surface area contributed by atoms with Gasteiger partial charge in [-0.25, -0.2) is 9.97 Å². The summed E-state index contributed by atoms with van der Waals surface area (Å²) < 4.78 is 6.78. The highest BCUT2D eigenvalue weighted by atomic mass is 35.5. The van der Waals surface area contributed by atoms with E-state index in [1.807, 2.05) is 19.1 Å². The molecule has 0 aliphatic heterocycles. The van der Waals surface area contributed by atoms with Crippen LogP contribution in [0.15, 0.2) is 52.2 Å². The molecular weight excluding hydrogens is 406 g/mol. The highest BCUT2D eigenvalue weighted by Crippen LogP contribution is 2.50. The van der Waals surface area contributed by atoms with E-state index in [9.17, 15) is 9.90 Å². The Labute approximate surface area is 176 Å². The summed E-state index contributed by atoms with van der Waals surface area (Å²) in [5, 5.41) is 16.0. The molecule has 1 N–H and O–H groups in total. The predicted molar refractivity (Wildman–Crippen MR) is 109 cm³/mol. The lowest BCUT2D eigenvalue weighted by atomic mass is 9.67. The first-order valence-corrected chi connectivity index (χ1v) is 9.92. The van der Waals surface area contributed by atoms with Crippen molar-refractivity contribution in [1.82, 2.24) is 24.7 Å². The zero-order chi connectivity index (χ0) is 20.9. The number of pyridine rings is 1. The molecule has 1 aromatic carbocycles. The van der Waals surface area contributed by atoms with Gasteiger partial charge in [0.25, 0.3) is 5.56 Å². The number of rotatable bonds is 4. The van der Waals surface area contributed by atoms with E-state index in [0.29, 0.717) is 40.6 Å². The van der Waals surface area contributed by atoms with Crippen LogP contribution in [0.25, 0.3) is 11.0 Å². The topological polar surface area (TPSA) is 107 Å². The summed E-state index contributed by atoms with van der Waals surface area (Å²) in [4.78, 5) is 25.6. The van der Waals surface area contributed by atoms with Crippen molar-refractivity contribution < 1.29 is 9.63 Å². The zero-order valence-electron chi connectivity index (χ0n) is 16.1. The maximum absolute atomic E-state index is 12.8. The molecule has 4 aromatic rings. The van der Waals surface area contributed by atoms with Gasteiger partial charge in [0.2, 0.25) is 5.89 Å². The Morgan fingerprint density at radius 3 is 2.93 bits per heavy atom. The second kappa shape index (κ2) is 7.00. The third-order valence-electron chi connectivity index (χ3n) is 5.62. The molecule has 0 amide bonds. The van der Waals surface area contributed by atoms with Crippen LogP contribution in [0.1, 0.15) is 41.6 Å². The molecular formula is C21H18ClN5O3. The fourth-order valence-corrected chi connectivity index (χ4v) is 4.12. The first-order valence-electron chi connectivity index (χ1n) is 9.55. The van der Waals surface area contributed by atoms with E-state index in [1.54, 1.807) is 24.4 Å². The van der Waals surface area contributed by atoms with Gasteiger partial charge in [-0.05, 0) is 49.1 Å². The summed E-state index contributed by atoms with van der Waals surface area (Å²) in [6, 6.07) is 9.01. The zero-order valence-corrected chi connectivity index (χ0v) is 16.9. The largest absolute Gasteiger partial charge is 0.385 e. The lowest BCUT2D eigenvalue weighted by molar-refractivity contribution is -0.0573. The van der Waals surface area contributed by atoms with Crippen molar-refractivity contribution in [2.45, 2.75) is 37.8 Å². The summed E-state index contributed by atoms with van der Waals surface area (Å²) in [5.74, 6) is 0.814. The summed E-state index contributed by atoms with van der Waals surface area (Å²) in [5.41, 5.74) is 0.863. The highest BCUT2D eigenvalue weighted by Gasteiger charge is 2.46. The number of nitrogens with zero attached hydrogens (tertiary/aromatic N) is 5. The van der Waals surface area contributed by atoms with Crippen LogP contribution in [-0.2, 0) is 12.1 Å². The standard InChI is InChI=1S/C21H18ClN5O3/c1-12-5-6-23-19-17(12)20(28)27(11-24-19)10-16-25-18(26-30-16)13-8-21(29,9-13)14-3-2-4-15(22)7-14/h2-7,11,13,29H,8-10H2,1H3/t13-,21+. The van der Waals surface area contributed by atoms with Gasteiger partial charge in [0, 0.05) is 17.1 Å². The van der Waals surface area contributed by atoms with Crippen LogP contribution >= 0.6 is 11.6 Å². The number of hydrogen-bond donors (Lipinski definition) is 1. The fraction of sp³-hybridized carbons (Fsp3) is 0.286. The Balaban J connectivity index is 1.34. The van der Waals surface area contributed by atoms with E-state index < -0.39 is 5.60 Å². The molecule has 1 aliphatic carbocycles. The summed E-state index contributed by atoms with van der Waals surface area (Å²) in [7, 11) is 0. The molecule has 0 unspecified atom stereocenters. The molecule has 5 rings (SSSR count). The fourth-order valence-electron chi connectivity index (χ4n) is 3.93. The molecule has 3 heterocycles. The van der Waals surface area contributed by atoms with E-state index in [-0.39, 0.29) is 18.0 Å². The second-order valence-electron chi connectivity index (χ2n) is 7.70. The Bertz CT molecular complexity index is 1310. The number of hydrogen-bond acceptors (Lipinski definition) is 7. The number of benzene rings is 1. The molecule has 152 valence electrons. The monoisotopic (exact) mass is 423 g/mol. The molecule has 9 heteroatoms. The number of fused-ring (bicyclic) bond motifs is 1. The Kier molecular flexibility index (Phi) is 4.41. The number of aryl methyl sites for hydroxylation is 1. The Morgan fingerprint density at radius 1 is 1.30 bits per heavy atom. The Hall–Kier alpha value is -3.10. The van der Waals surface area contributed by atoms with Crippen molar-refractivity contribution >= 4 is 22.6 Å². The molecule has 0 atom stereocenters. The van der Waals surface area contributed by atoms with Crippen LogP contribution < -0.4 is 5.56 Å². The molecule has 0 bridgehead atoms. The van der Waals surface area contributed by atoms with Gasteiger partial charge in [-0.1, -0.05) is 28.9 Å². The van der Waals surface area contributed by atoms with Crippen molar-refractivity contribution in [3.63, 3.8) is 0 Å². The van der Waals surface area contributed by atoms with Gasteiger partial charge < -0.3 is 9.63 Å². The van der Waals surface area contributed by atoms with Crippen molar-refractivity contribution in [3.05, 3.63) is 81.1 Å². The van der Waals surface area contributed by atoms with Gasteiger partial charge in [-0.2, -0.15) is 4.98 Å². The highest BCUT2D eigenvalue weighted by molar-refractivity contribution is 6.30. The number of aromatic nitrogens is 5. The molecule has 1 fully saturated rings. The predicted octanol–water partition coefficient (Wildman–Crippen LogP) is 2.95. The molecule has 0 radical (unpaired) electrons. The van der Waals surface area contributed by atoms with Gasteiger partial charge in [0.15, 0.2) is 11.5 Å². The molecule has 0 spiro atoms. The Morgan fingerprint density at radius 2 is 2.13 bits per heavy atom. The first-order chi connectivity index (χ1) is 14.4. The average molecular weight is 424 g/mol. The normalized spacial score (nSPS) is 21.0. The van der Waals surface area contributed by atoms with Crippen LogP contribution in [0.2, 0.25) is 5.02 Å². The second-order valence-corrected chi connectivity index (χ2v) is 8.13. The molecule has 8 nitrogen and oxygen atoms in total. The van der Waals surface area contributed by atoms with Gasteiger partial charge in [0.1, 0.15) is 12.9 Å². The number of aliphatic hydroxyl groups is 1. The average Bonchev–Trinajstić information content (AvgIpc) is 3.16. The van der Waals surface area contributed by atoms with E-state index in [2.05, 4.69) is 20.1 Å². The third kappa shape index (κ3) is 3.18. The maximum atomic E-state index is 12.8. The summed E-state index contributed by atoms with van der Waals surface area (Å²) in [6.07, 6.45) is 4.02. The minimum atomic E-state index is -0.944. The van der Waals surface area contributed by atoms with E-state index in [0.717, 1.165) is 11.1 Å². The van der Waals surface area contributed by atoms with Gasteiger partial charge in [-0.15, -0.1) is 0 Å². The van der Waals surface area contributed by atoms with E-state index in [1.165, 1.54) is 10.9 Å². The smallest absolute Gasteiger partial charge is 0.263 e. The van der Waals surface area contributed by atoms with Crippen molar-refractivity contribution in [1.29, 1.82) is 0 Å².